The smallest absolute Gasteiger partial charge is 0.302 e. The van der Waals surface area contributed by atoms with E-state index in [1.807, 2.05) is 30.3 Å². The molecule has 0 aliphatic carbocycles. The monoisotopic (exact) mass is 482 g/mol. The molecule has 1 aliphatic rings. The number of fused-ring (bicyclic) bond motifs is 1. The van der Waals surface area contributed by atoms with Crippen molar-refractivity contribution in [3.8, 4) is 5.88 Å². The first-order valence-electron chi connectivity index (χ1n) is 11.0. The van der Waals surface area contributed by atoms with E-state index in [1.54, 1.807) is 9.47 Å². The molecule has 2 unspecified atom stereocenters. The summed E-state index contributed by atoms with van der Waals surface area (Å²) in [6, 6.07) is 9.57. The largest absolute Gasteiger partial charge is 0.471 e. The zero-order valence-electron chi connectivity index (χ0n) is 19.4. The third-order valence-electron chi connectivity index (χ3n) is 5.52. The molecule has 1 saturated heterocycles. The van der Waals surface area contributed by atoms with Gasteiger partial charge < -0.3 is 29.4 Å². The van der Waals surface area contributed by atoms with Gasteiger partial charge in [0.1, 0.15) is 19.3 Å². The van der Waals surface area contributed by atoms with Gasteiger partial charge >= 0.3 is 11.9 Å². The minimum atomic E-state index is -0.564. The molecule has 1 aliphatic heterocycles. The molecular weight excluding hydrogens is 456 g/mol. The number of likely N-dealkylation sites (tertiary alicyclic amines) is 1. The Bertz CT molecular complexity index is 1230. The van der Waals surface area contributed by atoms with Gasteiger partial charge in [-0.25, -0.2) is 4.98 Å². The highest BCUT2D eigenvalue weighted by atomic mass is 16.6. The van der Waals surface area contributed by atoms with Crippen molar-refractivity contribution in [3.05, 3.63) is 42.2 Å². The van der Waals surface area contributed by atoms with Gasteiger partial charge in [0.25, 0.3) is 0 Å². The lowest BCUT2D eigenvalue weighted by molar-refractivity contribution is -0.150. The number of amides is 1. The Morgan fingerprint density at radius 3 is 2.57 bits per heavy atom. The van der Waals surface area contributed by atoms with E-state index in [4.69, 9.17) is 19.9 Å². The molecule has 1 amide bonds. The van der Waals surface area contributed by atoms with Crippen molar-refractivity contribution in [1.82, 2.24) is 24.4 Å². The number of carbonyl (C=O) groups excluding carboxylic acids is 3. The Kier molecular flexibility index (Phi) is 7.09. The van der Waals surface area contributed by atoms with Crippen LogP contribution in [0.15, 0.2) is 36.7 Å². The number of rotatable bonds is 8. The van der Waals surface area contributed by atoms with E-state index in [-0.39, 0.29) is 56.5 Å². The number of imidazole rings is 1. The summed E-state index contributed by atoms with van der Waals surface area (Å²) in [4.78, 5) is 50.1. The highest BCUT2D eigenvalue weighted by Crippen LogP contribution is 2.25. The van der Waals surface area contributed by atoms with Crippen LogP contribution in [0.5, 0.6) is 5.88 Å². The Hall–Kier alpha value is -4.22. The second kappa shape index (κ2) is 10.4. The second-order valence-corrected chi connectivity index (χ2v) is 8.22. The lowest BCUT2D eigenvalue weighted by Crippen LogP contribution is -2.33. The first kappa shape index (κ1) is 23.9. The second-order valence-electron chi connectivity index (χ2n) is 8.22. The molecule has 3 aromatic rings. The average Bonchev–Trinajstić information content (AvgIpc) is 3.40. The van der Waals surface area contributed by atoms with Crippen LogP contribution in [0.2, 0.25) is 0 Å². The van der Waals surface area contributed by atoms with Crippen molar-refractivity contribution in [3.63, 3.8) is 0 Å². The van der Waals surface area contributed by atoms with Gasteiger partial charge in [-0.15, -0.1) is 0 Å². The summed E-state index contributed by atoms with van der Waals surface area (Å²) < 4.78 is 17.8. The molecule has 2 atom stereocenters. The van der Waals surface area contributed by atoms with Crippen molar-refractivity contribution < 1.29 is 28.6 Å². The number of carbonyl (C=O) groups is 3. The molecule has 0 bridgehead atoms. The minimum Gasteiger partial charge on any atom is -0.471 e. The minimum absolute atomic E-state index is 0.00713. The standard InChI is InChI=1S/C23H26N6O6/c1-14(30)33-12-17-8-28(9-18(17)35-15(2)31)19(32)10-29-13-25-20-21(29)26-23(24)27-22(20)34-11-16-6-4-3-5-7-16/h3-7,13,17-18H,8-12H2,1-2H3,(H2,24,26,27). The molecule has 0 spiro atoms. The Balaban J connectivity index is 1.48. The van der Waals surface area contributed by atoms with Crippen molar-refractivity contribution in [1.29, 1.82) is 0 Å². The van der Waals surface area contributed by atoms with Gasteiger partial charge in [-0.3, -0.25) is 14.4 Å². The lowest BCUT2D eigenvalue weighted by Gasteiger charge is -2.17. The predicted octanol–water partition coefficient (Wildman–Crippen LogP) is 0.941. The number of aromatic nitrogens is 4. The van der Waals surface area contributed by atoms with Crippen LogP contribution in [-0.2, 0) is 37.0 Å². The summed E-state index contributed by atoms with van der Waals surface area (Å²) in [5, 5.41) is 0. The maximum absolute atomic E-state index is 13.1. The summed E-state index contributed by atoms with van der Waals surface area (Å²) in [5.74, 6) is -1.25. The van der Waals surface area contributed by atoms with Crippen molar-refractivity contribution in [2.24, 2.45) is 5.92 Å². The zero-order valence-corrected chi connectivity index (χ0v) is 19.4. The zero-order chi connectivity index (χ0) is 24.9. The third kappa shape index (κ3) is 5.83. The molecule has 35 heavy (non-hydrogen) atoms. The molecule has 12 heteroatoms. The normalized spacial score (nSPS) is 17.4. The molecule has 3 heterocycles. The summed E-state index contributed by atoms with van der Waals surface area (Å²) in [6.07, 6.45) is 0.911. The fraction of sp³-hybridized carbons (Fsp3) is 0.391. The van der Waals surface area contributed by atoms with Crippen molar-refractivity contribution in [2.75, 3.05) is 25.4 Å². The molecule has 0 radical (unpaired) electrons. The van der Waals surface area contributed by atoms with Crippen molar-refractivity contribution >= 4 is 35.0 Å². The number of hydrogen-bond donors (Lipinski definition) is 1. The summed E-state index contributed by atoms with van der Waals surface area (Å²) >= 11 is 0. The van der Waals surface area contributed by atoms with Crippen LogP contribution < -0.4 is 10.5 Å². The third-order valence-corrected chi connectivity index (χ3v) is 5.52. The topological polar surface area (TPSA) is 152 Å². The van der Waals surface area contributed by atoms with Crippen molar-refractivity contribution in [2.45, 2.75) is 33.1 Å². The van der Waals surface area contributed by atoms with Crippen LogP contribution >= 0.6 is 0 Å². The SMILES string of the molecule is CC(=O)OCC1CN(C(=O)Cn2cnc3c(OCc4ccccc4)nc(N)nc32)CC1OC(C)=O. The van der Waals surface area contributed by atoms with Crippen LogP contribution in [0.3, 0.4) is 0 Å². The molecule has 2 N–H and O–H groups in total. The van der Waals surface area contributed by atoms with E-state index in [0.29, 0.717) is 11.2 Å². The van der Waals surface area contributed by atoms with Crippen LogP contribution in [0.1, 0.15) is 19.4 Å². The van der Waals surface area contributed by atoms with Gasteiger partial charge in [-0.05, 0) is 5.56 Å². The molecule has 12 nitrogen and oxygen atoms in total. The van der Waals surface area contributed by atoms with Gasteiger partial charge in [-0.1, -0.05) is 30.3 Å². The fourth-order valence-electron chi connectivity index (χ4n) is 3.90. The molecule has 184 valence electrons. The highest BCUT2D eigenvalue weighted by Gasteiger charge is 2.38. The Morgan fingerprint density at radius 2 is 1.86 bits per heavy atom. The number of nitrogen functional groups attached to an aromatic ring is 1. The van der Waals surface area contributed by atoms with E-state index in [2.05, 4.69) is 15.0 Å². The van der Waals surface area contributed by atoms with E-state index < -0.39 is 18.0 Å². The van der Waals surface area contributed by atoms with E-state index >= 15 is 0 Å². The van der Waals surface area contributed by atoms with Crippen LogP contribution in [0, 0.1) is 5.92 Å². The van der Waals surface area contributed by atoms with E-state index in [9.17, 15) is 14.4 Å². The Labute approximate surface area is 201 Å². The molecule has 4 rings (SSSR count). The maximum Gasteiger partial charge on any atom is 0.302 e. The number of esters is 2. The molecule has 2 aromatic heterocycles. The summed E-state index contributed by atoms with van der Waals surface area (Å²) in [7, 11) is 0. The number of anilines is 1. The quantitative estimate of drug-likeness (QED) is 0.459. The first-order valence-corrected chi connectivity index (χ1v) is 11.0. The van der Waals surface area contributed by atoms with E-state index in [0.717, 1.165) is 5.56 Å². The van der Waals surface area contributed by atoms with Gasteiger partial charge in [0.2, 0.25) is 17.7 Å². The summed E-state index contributed by atoms with van der Waals surface area (Å²) in [5.41, 5.74) is 7.58. The maximum atomic E-state index is 13.1. The average molecular weight is 482 g/mol. The predicted molar refractivity (Wildman–Crippen MR) is 123 cm³/mol. The number of ether oxygens (including phenoxy) is 3. The molecular formula is C23H26N6O6. The van der Waals surface area contributed by atoms with Crippen LogP contribution in [-0.4, -0.2) is 68.1 Å². The molecule has 0 saturated carbocycles. The number of nitrogens with zero attached hydrogens (tertiary/aromatic N) is 5. The Morgan fingerprint density at radius 1 is 1.09 bits per heavy atom. The first-order chi connectivity index (χ1) is 16.8. The van der Waals surface area contributed by atoms with Gasteiger partial charge in [0.05, 0.1) is 19.5 Å². The van der Waals surface area contributed by atoms with Gasteiger partial charge in [0, 0.05) is 26.3 Å². The summed E-state index contributed by atoms with van der Waals surface area (Å²) in [6.45, 7) is 3.32. The van der Waals surface area contributed by atoms with Crippen LogP contribution in [0.25, 0.3) is 11.2 Å². The number of benzene rings is 1. The molecule has 1 fully saturated rings. The van der Waals surface area contributed by atoms with Gasteiger partial charge in [0.15, 0.2) is 11.2 Å². The van der Waals surface area contributed by atoms with E-state index in [1.165, 1.54) is 20.2 Å². The number of nitrogens with two attached hydrogens (primary N) is 1. The lowest BCUT2D eigenvalue weighted by atomic mass is 10.1. The number of hydrogen-bond acceptors (Lipinski definition) is 10. The fourth-order valence-corrected chi connectivity index (χ4v) is 3.90. The van der Waals surface area contributed by atoms with Crippen LogP contribution in [0.4, 0.5) is 5.95 Å². The molecule has 1 aromatic carbocycles. The van der Waals surface area contributed by atoms with Gasteiger partial charge in [-0.2, -0.15) is 9.97 Å². The highest BCUT2D eigenvalue weighted by molar-refractivity contribution is 5.81.